The van der Waals surface area contributed by atoms with Crippen LogP contribution in [0, 0.1) is 0 Å². The highest BCUT2D eigenvalue weighted by molar-refractivity contribution is 7.92. The summed E-state index contributed by atoms with van der Waals surface area (Å²) < 4.78 is 26.6. The molecule has 1 fully saturated rings. The van der Waals surface area contributed by atoms with Crippen LogP contribution < -0.4 is 5.32 Å². The van der Waals surface area contributed by atoms with Gasteiger partial charge in [-0.3, -0.25) is 0 Å². The van der Waals surface area contributed by atoms with Crippen molar-refractivity contribution in [3.8, 4) is 0 Å². The number of hydrogen-bond donors (Lipinski definition) is 1. The number of nitrogens with one attached hydrogen (secondary N) is 1. The lowest BCUT2D eigenvalue weighted by atomic mass is 10.2. The standard InChI is InChI=1S/C15H22N2O2S/c1-2-11-17(15-8-10-16-13-15)20(18,19)12-9-14-6-4-3-5-7-14/h3-7,9,12,15-16H,2,8,10-11,13H2,1H3. The normalized spacial score (nSPS) is 20.0. The van der Waals surface area contributed by atoms with Gasteiger partial charge in [-0.25, -0.2) is 8.42 Å². The fourth-order valence-corrected chi connectivity index (χ4v) is 3.95. The number of benzene rings is 1. The highest BCUT2D eigenvalue weighted by Crippen LogP contribution is 2.16. The van der Waals surface area contributed by atoms with Gasteiger partial charge in [0.05, 0.1) is 0 Å². The highest BCUT2D eigenvalue weighted by atomic mass is 32.2. The Labute approximate surface area is 121 Å². The van der Waals surface area contributed by atoms with Crippen molar-refractivity contribution in [1.29, 1.82) is 0 Å². The third-order valence-electron chi connectivity index (χ3n) is 3.44. The van der Waals surface area contributed by atoms with E-state index in [0.717, 1.165) is 31.5 Å². The number of rotatable bonds is 6. The Kier molecular flexibility index (Phi) is 5.34. The van der Waals surface area contributed by atoms with Crippen LogP contribution in [0.25, 0.3) is 6.08 Å². The van der Waals surface area contributed by atoms with Crippen LogP contribution in [0.1, 0.15) is 25.3 Å². The van der Waals surface area contributed by atoms with E-state index < -0.39 is 10.0 Å². The molecule has 0 bridgehead atoms. The SMILES string of the molecule is CCCN(C1CCNC1)S(=O)(=O)C=Cc1ccccc1. The maximum absolute atomic E-state index is 12.5. The third-order valence-corrected chi connectivity index (χ3v) is 5.06. The minimum absolute atomic E-state index is 0.0837. The molecule has 1 aromatic rings. The number of nitrogens with zero attached hydrogens (tertiary/aromatic N) is 1. The summed E-state index contributed by atoms with van der Waals surface area (Å²) >= 11 is 0. The molecule has 1 aliphatic heterocycles. The van der Waals surface area contributed by atoms with Gasteiger partial charge in [-0.15, -0.1) is 0 Å². The zero-order chi connectivity index (χ0) is 14.4. The molecule has 5 heteroatoms. The fraction of sp³-hybridized carbons (Fsp3) is 0.467. The maximum Gasteiger partial charge on any atom is 0.236 e. The Morgan fingerprint density at radius 2 is 2.10 bits per heavy atom. The van der Waals surface area contributed by atoms with Crippen LogP contribution in [-0.2, 0) is 10.0 Å². The third kappa shape index (κ3) is 3.91. The summed E-state index contributed by atoms with van der Waals surface area (Å²) in [6.45, 7) is 4.22. The van der Waals surface area contributed by atoms with E-state index in [0.29, 0.717) is 6.54 Å². The molecule has 0 amide bonds. The van der Waals surface area contributed by atoms with Crippen LogP contribution in [0.3, 0.4) is 0 Å². The molecule has 1 aliphatic rings. The molecule has 1 heterocycles. The van der Waals surface area contributed by atoms with Crippen molar-refractivity contribution < 1.29 is 8.42 Å². The monoisotopic (exact) mass is 294 g/mol. The van der Waals surface area contributed by atoms with Gasteiger partial charge in [0.15, 0.2) is 0 Å². The van der Waals surface area contributed by atoms with Gasteiger partial charge >= 0.3 is 0 Å². The number of hydrogen-bond acceptors (Lipinski definition) is 3. The Bertz CT molecular complexity index is 534. The molecule has 1 saturated heterocycles. The van der Waals surface area contributed by atoms with Crippen LogP contribution in [-0.4, -0.2) is 38.4 Å². The van der Waals surface area contributed by atoms with Crippen molar-refractivity contribution >= 4 is 16.1 Å². The Hall–Kier alpha value is -1.17. The van der Waals surface area contributed by atoms with E-state index in [-0.39, 0.29) is 6.04 Å². The van der Waals surface area contributed by atoms with E-state index in [4.69, 9.17) is 0 Å². The molecule has 110 valence electrons. The van der Waals surface area contributed by atoms with Gasteiger partial charge in [-0.1, -0.05) is 37.3 Å². The van der Waals surface area contributed by atoms with Gasteiger partial charge in [0.2, 0.25) is 10.0 Å². The van der Waals surface area contributed by atoms with Crippen LogP contribution in [0.15, 0.2) is 35.7 Å². The summed E-state index contributed by atoms with van der Waals surface area (Å²) in [5.41, 5.74) is 0.900. The lowest BCUT2D eigenvalue weighted by molar-refractivity contribution is 0.339. The van der Waals surface area contributed by atoms with Crippen LogP contribution >= 0.6 is 0 Å². The molecule has 2 rings (SSSR count). The summed E-state index contributed by atoms with van der Waals surface area (Å²) in [7, 11) is -3.35. The average molecular weight is 294 g/mol. The predicted molar refractivity (Wildman–Crippen MR) is 82.7 cm³/mol. The maximum atomic E-state index is 12.5. The van der Waals surface area contributed by atoms with Gasteiger partial charge in [0.1, 0.15) is 0 Å². The predicted octanol–water partition coefficient (Wildman–Crippen LogP) is 2.06. The zero-order valence-electron chi connectivity index (χ0n) is 11.8. The van der Waals surface area contributed by atoms with Crippen molar-refractivity contribution in [2.24, 2.45) is 0 Å². The molecular weight excluding hydrogens is 272 g/mol. The van der Waals surface area contributed by atoms with E-state index in [1.54, 1.807) is 10.4 Å². The Morgan fingerprint density at radius 1 is 1.35 bits per heavy atom. The molecule has 0 aromatic heterocycles. The Morgan fingerprint density at radius 3 is 2.70 bits per heavy atom. The van der Waals surface area contributed by atoms with Gasteiger partial charge in [0, 0.05) is 24.5 Å². The molecular formula is C15H22N2O2S. The van der Waals surface area contributed by atoms with Crippen molar-refractivity contribution in [2.45, 2.75) is 25.8 Å². The fourth-order valence-electron chi connectivity index (χ4n) is 2.43. The van der Waals surface area contributed by atoms with E-state index in [1.165, 1.54) is 5.41 Å². The molecule has 20 heavy (non-hydrogen) atoms. The summed E-state index contributed by atoms with van der Waals surface area (Å²) in [5.74, 6) is 0. The summed E-state index contributed by atoms with van der Waals surface area (Å²) in [5, 5.41) is 4.56. The van der Waals surface area contributed by atoms with Gasteiger partial charge < -0.3 is 5.32 Å². The first kappa shape index (κ1) is 15.2. The lowest BCUT2D eigenvalue weighted by Gasteiger charge is -2.25. The topological polar surface area (TPSA) is 49.4 Å². The molecule has 4 nitrogen and oxygen atoms in total. The molecule has 0 saturated carbocycles. The highest BCUT2D eigenvalue weighted by Gasteiger charge is 2.29. The lowest BCUT2D eigenvalue weighted by Crippen LogP contribution is -2.40. The van der Waals surface area contributed by atoms with E-state index in [2.05, 4.69) is 5.32 Å². The first-order chi connectivity index (χ1) is 9.63. The molecule has 0 spiro atoms. The second-order valence-electron chi connectivity index (χ2n) is 5.02. The van der Waals surface area contributed by atoms with Crippen LogP contribution in [0.4, 0.5) is 0 Å². The summed E-state index contributed by atoms with van der Waals surface area (Å²) in [4.78, 5) is 0. The molecule has 0 aliphatic carbocycles. The first-order valence-electron chi connectivity index (χ1n) is 7.09. The van der Waals surface area contributed by atoms with Crippen molar-refractivity contribution in [3.05, 3.63) is 41.3 Å². The molecule has 1 N–H and O–H groups in total. The second-order valence-corrected chi connectivity index (χ2v) is 6.79. The minimum Gasteiger partial charge on any atom is -0.315 e. The van der Waals surface area contributed by atoms with Crippen LogP contribution in [0.2, 0.25) is 0 Å². The minimum atomic E-state index is -3.35. The summed E-state index contributed by atoms with van der Waals surface area (Å²) in [6.07, 6.45) is 3.38. The summed E-state index contributed by atoms with van der Waals surface area (Å²) in [6, 6.07) is 9.59. The quantitative estimate of drug-likeness (QED) is 0.873. The Balaban J connectivity index is 2.15. The second kappa shape index (κ2) is 7.02. The molecule has 0 radical (unpaired) electrons. The van der Waals surface area contributed by atoms with E-state index in [9.17, 15) is 8.42 Å². The smallest absolute Gasteiger partial charge is 0.236 e. The largest absolute Gasteiger partial charge is 0.315 e. The van der Waals surface area contributed by atoms with Crippen molar-refractivity contribution in [3.63, 3.8) is 0 Å². The molecule has 1 unspecified atom stereocenters. The van der Waals surface area contributed by atoms with Gasteiger partial charge in [-0.05, 0) is 31.0 Å². The van der Waals surface area contributed by atoms with Gasteiger partial charge in [-0.2, -0.15) is 4.31 Å². The first-order valence-corrected chi connectivity index (χ1v) is 8.59. The molecule has 1 atom stereocenters. The van der Waals surface area contributed by atoms with Crippen molar-refractivity contribution in [2.75, 3.05) is 19.6 Å². The van der Waals surface area contributed by atoms with E-state index >= 15 is 0 Å². The van der Waals surface area contributed by atoms with Crippen LogP contribution in [0.5, 0.6) is 0 Å². The zero-order valence-corrected chi connectivity index (χ0v) is 12.6. The number of sulfonamides is 1. The van der Waals surface area contributed by atoms with E-state index in [1.807, 2.05) is 37.3 Å². The van der Waals surface area contributed by atoms with Crippen molar-refractivity contribution in [1.82, 2.24) is 9.62 Å². The average Bonchev–Trinajstić information content (AvgIpc) is 2.97. The molecule has 1 aromatic carbocycles. The van der Waals surface area contributed by atoms with Gasteiger partial charge in [0.25, 0.3) is 0 Å².